The minimum Gasteiger partial charge on any atom is -0.476 e. The maximum absolute atomic E-state index is 12.3. The second-order valence-electron chi connectivity index (χ2n) is 5.08. The van der Waals surface area contributed by atoms with Crippen molar-refractivity contribution in [1.29, 1.82) is 0 Å². The molecule has 0 fully saturated rings. The van der Waals surface area contributed by atoms with Crippen LogP contribution in [0.15, 0.2) is 5.38 Å². The first-order chi connectivity index (χ1) is 10.3. The molecule has 1 atom stereocenters. The molecule has 2 aromatic heterocycles. The van der Waals surface area contributed by atoms with Gasteiger partial charge in [0, 0.05) is 23.7 Å². The molecule has 2 rings (SSSR count). The van der Waals surface area contributed by atoms with Crippen LogP contribution in [0.1, 0.15) is 45.3 Å². The predicted molar refractivity (Wildman–Crippen MR) is 82.0 cm³/mol. The van der Waals surface area contributed by atoms with E-state index in [0.29, 0.717) is 5.01 Å². The summed E-state index contributed by atoms with van der Waals surface area (Å²) in [5.41, 5.74) is 2.72. The average molecular weight is 322 g/mol. The fraction of sp³-hybridized carbons (Fsp3) is 0.429. The van der Waals surface area contributed by atoms with Crippen molar-refractivity contribution in [2.24, 2.45) is 7.05 Å². The summed E-state index contributed by atoms with van der Waals surface area (Å²) in [5.74, 6) is -1.53. The van der Waals surface area contributed by atoms with E-state index in [4.69, 9.17) is 5.11 Å². The summed E-state index contributed by atoms with van der Waals surface area (Å²) in [4.78, 5) is 27.0. The smallest absolute Gasteiger partial charge is 0.355 e. The van der Waals surface area contributed by atoms with Gasteiger partial charge in [-0.25, -0.2) is 9.78 Å². The monoisotopic (exact) mass is 322 g/mol. The van der Waals surface area contributed by atoms with Crippen molar-refractivity contribution >= 4 is 23.2 Å². The van der Waals surface area contributed by atoms with E-state index in [0.717, 1.165) is 17.0 Å². The molecule has 0 radical (unpaired) electrons. The fourth-order valence-corrected chi connectivity index (χ4v) is 3.06. The molecule has 1 unspecified atom stereocenters. The molecule has 2 N–H and O–H groups in total. The summed E-state index contributed by atoms with van der Waals surface area (Å²) in [5, 5.41) is 18.0. The highest BCUT2D eigenvalue weighted by Crippen LogP contribution is 2.23. The largest absolute Gasteiger partial charge is 0.476 e. The van der Waals surface area contributed by atoms with Gasteiger partial charge in [0.25, 0.3) is 0 Å². The number of carbonyl (C=O) groups excluding carboxylic acids is 1. The highest BCUT2D eigenvalue weighted by molar-refractivity contribution is 7.09. The van der Waals surface area contributed by atoms with Gasteiger partial charge in [-0.2, -0.15) is 5.10 Å². The Labute approximate surface area is 132 Å². The summed E-state index contributed by atoms with van der Waals surface area (Å²) in [6.07, 6.45) is 0. The number of carboxylic acids is 1. The van der Waals surface area contributed by atoms with E-state index >= 15 is 0 Å². The lowest BCUT2D eigenvalue weighted by atomic mass is 9.98. The lowest BCUT2D eigenvalue weighted by molar-refractivity contribution is -0.122. The zero-order valence-electron chi connectivity index (χ0n) is 12.9. The van der Waals surface area contributed by atoms with Crippen LogP contribution in [0.4, 0.5) is 0 Å². The van der Waals surface area contributed by atoms with Crippen LogP contribution in [0.5, 0.6) is 0 Å². The number of nitrogens with zero attached hydrogens (tertiary/aromatic N) is 3. The van der Waals surface area contributed by atoms with Crippen LogP contribution in [0.25, 0.3) is 0 Å². The molecule has 0 aliphatic carbocycles. The van der Waals surface area contributed by atoms with Gasteiger partial charge < -0.3 is 10.4 Å². The number of nitrogens with one attached hydrogen (secondary N) is 1. The summed E-state index contributed by atoms with van der Waals surface area (Å²) in [7, 11) is 1.85. The molecule has 8 heteroatoms. The van der Waals surface area contributed by atoms with Crippen molar-refractivity contribution in [2.45, 2.75) is 33.2 Å². The summed E-state index contributed by atoms with van der Waals surface area (Å²) in [6, 6.07) is 0. The molecule has 0 saturated heterocycles. The zero-order valence-corrected chi connectivity index (χ0v) is 13.7. The summed E-state index contributed by atoms with van der Waals surface area (Å²) >= 11 is 1.21. The van der Waals surface area contributed by atoms with Crippen molar-refractivity contribution in [3.05, 3.63) is 33.0 Å². The Morgan fingerprint density at radius 1 is 1.45 bits per heavy atom. The van der Waals surface area contributed by atoms with Crippen molar-refractivity contribution in [2.75, 3.05) is 0 Å². The van der Waals surface area contributed by atoms with Crippen LogP contribution in [-0.4, -0.2) is 31.7 Å². The van der Waals surface area contributed by atoms with Crippen molar-refractivity contribution < 1.29 is 14.7 Å². The first-order valence-electron chi connectivity index (χ1n) is 6.76. The second-order valence-corrected chi connectivity index (χ2v) is 6.02. The molecule has 22 heavy (non-hydrogen) atoms. The first-order valence-corrected chi connectivity index (χ1v) is 7.64. The number of carbonyl (C=O) groups is 2. The van der Waals surface area contributed by atoms with Gasteiger partial charge in [-0.05, 0) is 20.8 Å². The molecule has 0 aliphatic heterocycles. The average Bonchev–Trinajstić information content (AvgIpc) is 3.02. The molecule has 0 spiro atoms. The highest BCUT2D eigenvalue weighted by atomic mass is 32.1. The normalized spacial score (nSPS) is 12.2. The summed E-state index contributed by atoms with van der Waals surface area (Å²) in [6.45, 7) is 5.86. The van der Waals surface area contributed by atoms with Gasteiger partial charge in [0.15, 0.2) is 5.69 Å². The number of aromatic nitrogens is 3. The topological polar surface area (TPSA) is 97.1 Å². The Morgan fingerprint density at radius 3 is 2.64 bits per heavy atom. The third kappa shape index (κ3) is 3.16. The predicted octanol–water partition coefficient (Wildman–Crippen LogP) is 1.61. The lowest BCUT2D eigenvalue weighted by Crippen LogP contribution is -2.28. The van der Waals surface area contributed by atoms with Crippen molar-refractivity contribution in [3.63, 3.8) is 0 Å². The molecule has 2 heterocycles. The second kappa shape index (κ2) is 6.27. The third-order valence-corrected chi connectivity index (χ3v) is 4.42. The van der Waals surface area contributed by atoms with Crippen LogP contribution in [0.3, 0.4) is 0 Å². The highest BCUT2D eigenvalue weighted by Gasteiger charge is 2.22. The van der Waals surface area contributed by atoms with Gasteiger partial charge in [0.1, 0.15) is 5.01 Å². The van der Waals surface area contributed by atoms with Gasteiger partial charge in [-0.1, -0.05) is 0 Å². The Morgan fingerprint density at radius 2 is 2.14 bits per heavy atom. The first kappa shape index (κ1) is 16.2. The molecular formula is C14H18N4O3S. The number of carboxylic acid groups (broad SMARTS) is 1. The molecule has 2 aromatic rings. The number of thiazole rings is 1. The Balaban J connectivity index is 2.03. The maximum atomic E-state index is 12.3. The van der Waals surface area contributed by atoms with E-state index in [2.05, 4.69) is 15.4 Å². The Bertz CT molecular complexity index is 720. The van der Waals surface area contributed by atoms with Crippen LogP contribution >= 0.6 is 11.3 Å². The maximum Gasteiger partial charge on any atom is 0.355 e. The lowest BCUT2D eigenvalue weighted by Gasteiger charge is -2.12. The number of hydrogen-bond donors (Lipinski definition) is 2. The van der Waals surface area contributed by atoms with Crippen molar-refractivity contribution in [1.82, 2.24) is 20.1 Å². The van der Waals surface area contributed by atoms with Crippen LogP contribution in [0, 0.1) is 13.8 Å². The van der Waals surface area contributed by atoms with Crippen LogP contribution < -0.4 is 5.32 Å². The molecule has 0 bridgehead atoms. The SMILES string of the molecule is Cc1nn(C)c(C)c1C(C)C(=O)NCc1nc(C(=O)O)cs1. The van der Waals surface area contributed by atoms with Gasteiger partial charge in [0.2, 0.25) is 5.91 Å². The van der Waals surface area contributed by atoms with Gasteiger partial charge in [-0.3, -0.25) is 9.48 Å². The van der Waals surface area contributed by atoms with Crippen LogP contribution in [-0.2, 0) is 18.4 Å². The third-order valence-electron chi connectivity index (χ3n) is 3.58. The van der Waals surface area contributed by atoms with Crippen LogP contribution in [0.2, 0.25) is 0 Å². The summed E-state index contributed by atoms with van der Waals surface area (Å²) < 4.78 is 1.76. The molecular weight excluding hydrogens is 304 g/mol. The Hall–Kier alpha value is -2.22. The molecule has 0 aromatic carbocycles. The molecule has 118 valence electrons. The minimum absolute atomic E-state index is 0.00115. The van der Waals surface area contributed by atoms with E-state index in [9.17, 15) is 9.59 Å². The standard InChI is InChI=1S/C14H18N4O3S/c1-7(12-8(2)17-18(4)9(12)3)13(19)15-5-11-16-10(6-22-11)14(20)21/h6-7H,5H2,1-4H3,(H,15,19)(H,20,21). The number of aryl methyl sites for hydroxylation is 2. The molecule has 7 nitrogen and oxygen atoms in total. The number of aromatic carboxylic acids is 1. The minimum atomic E-state index is -1.07. The number of rotatable bonds is 5. The molecule has 1 amide bonds. The Kier molecular flexibility index (Phi) is 4.60. The van der Waals surface area contributed by atoms with E-state index in [-0.39, 0.29) is 24.1 Å². The fourth-order valence-electron chi connectivity index (χ4n) is 2.35. The molecule has 0 aliphatic rings. The number of hydrogen-bond acceptors (Lipinski definition) is 5. The molecule has 0 saturated carbocycles. The quantitative estimate of drug-likeness (QED) is 0.871. The van der Waals surface area contributed by atoms with E-state index in [1.807, 2.05) is 27.8 Å². The van der Waals surface area contributed by atoms with Gasteiger partial charge in [-0.15, -0.1) is 11.3 Å². The van der Waals surface area contributed by atoms with E-state index in [1.54, 1.807) is 4.68 Å². The van der Waals surface area contributed by atoms with Crippen molar-refractivity contribution in [3.8, 4) is 0 Å². The zero-order chi connectivity index (χ0) is 16.4. The van der Waals surface area contributed by atoms with Gasteiger partial charge >= 0.3 is 5.97 Å². The van der Waals surface area contributed by atoms with E-state index < -0.39 is 5.97 Å². The van der Waals surface area contributed by atoms with E-state index in [1.165, 1.54) is 16.7 Å². The number of amides is 1. The van der Waals surface area contributed by atoms with Gasteiger partial charge in [0.05, 0.1) is 18.2 Å².